The van der Waals surface area contributed by atoms with Crippen LogP contribution in [0.4, 0.5) is 0 Å². The highest BCUT2D eigenvalue weighted by molar-refractivity contribution is 6.24. The van der Waals surface area contributed by atoms with Crippen molar-refractivity contribution in [2.45, 2.75) is 6.17 Å². The summed E-state index contributed by atoms with van der Waals surface area (Å²) in [5.41, 5.74) is 9.30. The topological polar surface area (TPSA) is 49.9 Å². The van der Waals surface area contributed by atoms with Crippen LogP contribution in [0.2, 0.25) is 0 Å². The van der Waals surface area contributed by atoms with E-state index in [-0.39, 0.29) is 6.17 Å². The van der Waals surface area contributed by atoms with Crippen molar-refractivity contribution in [3.63, 3.8) is 0 Å². The van der Waals surface area contributed by atoms with E-state index in [2.05, 4.69) is 163 Å². The van der Waals surface area contributed by atoms with E-state index in [0.29, 0.717) is 5.84 Å². The largest absolute Gasteiger partial charge is 0.456 e. The molecule has 1 aromatic heterocycles. The number of benzene rings is 8. The maximum absolute atomic E-state index is 6.54. The molecular weight excluding hydrogens is 623 g/mol. The monoisotopic (exact) mass is 653 g/mol. The summed E-state index contributed by atoms with van der Waals surface area (Å²) >= 11 is 0. The van der Waals surface area contributed by atoms with E-state index < -0.39 is 0 Å². The first kappa shape index (κ1) is 29.2. The van der Waals surface area contributed by atoms with Crippen molar-refractivity contribution in [3.8, 4) is 22.3 Å². The maximum atomic E-state index is 6.54. The first-order chi connectivity index (χ1) is 25.2. The van der Waals surface area contributed by atoms with Crippen LogP contribution >= 0.6 is 0 Å². The van der Waals surface area contributed by atoms with Gasteiger partial charge < -0.3 is 9.73 Å². The second-order valence-corrected chi connectivity index (χ2v) is 13.0. The summed E-state index contributed by atoms with van der Waals surface area (Å²) in [6, 6.07) is 61.7. The fourth-order valence-corrected chi connectivity index (χ4v) is 7.37. The number of rotatable bonds is 5. The molecule has 1 unspecified atom stereocenters. The first-order valence-corrected chi connectivity index (χ1v) is 17.3. The van der Waals surface area contributed by atoms with Gasteiger partial charge in [-0.25, -0.2) is 9.98 Å². The third-order valence-electron chi connectivity index (χ3n) is 9.92. The van der Waals surface area contributed by atoms with Gasteiger partial charge in [0.25, 0.3) is 0 Å². The van der Waals surface area contributed by atoms with Gasteiger partial charge in [0.05, 0.1) is 0 Å². The average Bonchev–Trinajstić information content (AvgIpc) is 3.60. The third-order valence-corrected chi connectivity index (χ3v) is 9.92. The number of nitrogens with zero attached hydrogens (tertiary/aromatic N) is 2. The Balaban J connectivity index is 1.11. The lowest BCUT2D eigenvalue weighted by atomic mass is 9.94. The quantitative estimate of drug-likeness (QED) is 0.201. The Hall–Kier alpha value is -6.78. The molecule has 4 nitrogen and oxygen atoms in total. The van der Waals surface area contributed by atoms with Crippen LogP contribution in [0.25, 0.3) is 65.7 Å². The molecule has 240 valence electrons. The van der Waals surface area contributed by atoms with Crippen molar-refractivity contribution in [1.29, 1.82) is 0 Å². The van der Waals surface area contributed by atoms with E-state index >= 15 is 0 Å². The zero-order valence-electron chi connectivity index (χ0n) is 27.6. The van der Waals surface area contributed by atoms with Crippen LogP contribution in [0.3, 0.4) is 0 Å². The molecule has 4 heteroatoms. The van der Waals surface area contributed by atoms with Gasteiger partial charge >= 0.3 is 0 Å². The minimum absolute atomic E-state index is 0.310. The molecule has 0 saturated carbocycles. The van der Waals surface area contributed by atoms with Crippen molar-refractivity contribution in [2.75, 3.05) is 0 Å². The van der Waals surface area contributed by atoms with Gasteiger partial charge in [0.15, 0.2) is 5.84 Å². The van der Waals surface area contributed by atoms with E-state index in [1.54, 1.807) is 0 Å². The minimum atomic E-state index is -0.310. The van der Waals surface area contributed by atoms with E-state index in [4.69, 9.17) is 14.4 Å². The number of aliphatic imine (C=N–C) groups is 2. The highest BCUT2D eigenvalue weighted by atomic mass is 16.3. The molecule has 10 rings (SSSR count). The highest BCUT2D eigenvalue weighted by Crippen LogP contribution is 2.39. The van der Waals surface area contributed by atoms with Gasteiger partial charge in [0.1, 0.15) is 23.2 Å². The molecule has 2 heterocycles. The number of furan rings is 1. The summed E-state index contributed by atoms with van der Waals surface area (Å²) in [6.45, 7) is 0. The molecule has 0 radical (unpaired) electrons. The van der Waals surface area contributed by atoms with E-state index in [9.17, 15) is 0 Å². The molecule has 0 saturated heterocycles. The first-order valence-electron chi connectivity index (χ1n) is 17.3. The number of hydrogen-bond donors (Lipinski definition) is 1. The van der Waals surface area contributed by atoms with Crippen molar-refractivity contribution in [1.82, 2.24) is 5.32 Å². The van der Waals surface area contributed by atoms with E-state index in [1.807, 2.05) is 18.2 Å². The normalized spacial score (nSPS) is 14.5. The molecule has 0 fully saturated rings. The minimum Gasteiger partial charge on any atom is -0.456 e. The van der Waals surface area contributed by atoms with Crippen molar-refractivity contribution < 1.29 is 4.42 Å². The van der Waals surface area contributed by atoms with Crippen LogP contribution in [-0.2, 0) is 0 Å². The molecule has 0 spiro atoms. The zero-order chi connectivity index (χ0) is 33.7. The molecule has 9 aromatic rings. The lowest BCUT2D eigenvalue weighted by Gasteiger charge is -2.24. The molecule has 0 bridgehead atoms. The lowest BCUT2D eigenvalue weighted by molar-refractivity contribution is 0.668. The second-order valence-electron chi connectivity index (χ2n) is 13.0. The Bertz CT molecular complexity index is 2830. The molecule has 51 heavy (non-hydrogen) atoms. The molecule has 8 aromatic carbocycles. The van der Waals surface area contributed by atoms with Crippen molar-refractivity contribution in [2.24, 2.45) is 9.98 Å². The summed E-state index contributed by atoms with van der Waals surface area (Å²) < 4.78 is 6.54. The van der Waals surface area contributed by atoms with Gasteiger partial charge in [-0.05, 0) is 73.6 Å². The van der Waals surface area contributed by atoms with Crippen LogP contribution in [0.15, 0.2) is 190 Å². The highest BCUT2D eigenvalue weighted by Gasteiger charge is 2.25. The summed E-state index contributed by atoms with van der Waals surface area (Å²) in [5.74, 6) is 1.45. The predicted octanol–water partition coefficient (Wildman–Crippen LogP) is 11.7. The van der Waals surface area contributed by atoms with Crippen LogP contribution in [0.1, 0.15) is 22.9 Å². The molecule has 1 aliphatic rings. The van der Waals surface area contributed by atoms with Crippen molar-refractivity contribution >= 4 is 55.2 Å². The Morgan fingerprint density at radius 3 is 1.69 bits per heavy atom. The smallest absolute Gasteiger partial charge is 0.159 e. The van der Waals surface area contributed by atoms with Crippen molar-refractivity contribution in [3.05, 3.63) is 193 Å². The summed E-state index contributed by atoms with van der Waals surface area (Å²) in [4.78, 5) is 10.4. The lowest BCUT2D eigenvalue weighted by Crippen LogP contribution is -2.33. The number of amidine groups is 2. The van der Waals surface area contributed by atoms with Gasteiger partial charge in [-0.3, -0.25) is 0 Å². The maximum Gasteiger partial charge on any atom is 0.159 e. The molecule has 1 N–H and O–H groups in total. The van der Waals surface area contributed by atoms with E-state index in [0.717, 1.165) is 61.0 Å². The molecule has 0 amide bonds. The predicted molar refractivity (Wildman–Crippen MR) is 211 cm³/mol. The van der Waals surface area contributed by atoms with Gasteiger partial charge in [-0.2, -0.15) is 0 Å². The van der Waals surface area contributed by atoms with Gasteiger partial charge in [0.2, 0.25) is 0 Å². The van der Waals surface area contributed by atoms with Crippen LogP contribution in [-0.4, -0.2) is 11.7 Å². The fraction of sp³-hybridized carbons (Fsp3) is 0.0213. The third kappa shape index (κ3) is 5.17. The number of nitrogens with one attached hydrogen (secondary N) is 1. The van der Waals surface area contributed by atoms with Gasteiger partial charge in [0, 0.05) is 21.9 Å². The molecular formula is C47H31N3O. The van der Waals surface area contributed by atoms with E-state index in [1.165, 1.54) is 27.3 Å². The van der Waals surface area contributed by atoms with Crippen LogP contribution in [0, 0.1) is 0 Å². The fourth-order valence-electron chi connectivity index (χ4n) is 7.37. The summed E-state index contributed by atoms with van der Waals surface area (Å²) in [7, 11) is 0. The van der Waals surface area contributed by atoms with Gasteiger partial charge in [-0.1, -0.05) is 152 Å². The number of fused-ring (bicyclic) bond motifs is 5. The second kappa shape index (κ2) is 12.0. The SMILES string of the molecule is c1ccc(C2N=C(c3ccc4ccccc4c3)N=C(c3cccc4oc5cccc(-c6ccc(-c7ccc8ccccc8c7)cc6)c5c34)N2)cc1. The Kier molecular flexibility index (Phi) is 6.85. The number of hydrogen-bond acceptors (Lipinski definition) is 4. The zero-order valence-corrected chi connectivity index (χ0v) is 27.6. The standard InChI is InChI=1S/C47H31N3O/c1-2-12-34(13-3-1)45-48-46(38-27-23-31-11-5-7-15-36(31)29-38)50-47(49-45)40-17-9-19-42-44(40)43-39(16-8-18-41(43)51-42)33-24-20-32(21-25-33)37-26-22-30-10-4-6-14-35(30)28-37/h1-29,45H,(H,48,49,50). The molecule has 1 aliphatic heterocycles. The Morgan fingerprint density at radius 1 is 0.431 bits per heavy atom. The molecule has 0 aliphatic carbocycles. The summed E-state index contributed by atoms with van der Waals surface area (Å²) in [5, 5.41) is 10.6. The Labute approximate surface area is 295 Å². The average molecular weight is 654 g/mol. The van der Waals surface area contributed by atoms with Crippen LogP contribution < -0.4 is 5.32 Å². The van der Waals surface area contributed by atoms with Gasteiger partial charge in [-0.15, -0.1) is 0 Å². The Morgan fingerprint density at radius 2 is 0.980 bits per heavy atom. The van der Waals surface area contributed by atoms with Crippen LogP contribution in [0.5, 0.6) is 0 Å². The molecule has 1 atom stereocenters. The summed E-state index contributed by atoms with van der Waals surface area (Å²) in [6.07, 6.45) is -0.310.